The van der Waals surface area contributed by atoms with Crippen molar-refractivity contribution < 1.29 is 14.3 Å². The van der Waals surface area contributed by atoms with Gasteiger partial charge in [0.1, 0.15) is 5.75 Å². The van der Waals surface area contributed by atoms with Crippen molar-refractivity contribution in [1.82, 2.24) is 0 Å². The van der Waals surface area contributed by atoms with Crippen LogP contribution in [-0.2, 0) is 20.6 Å². The Morgan fingerprint density at radius 3 is 1.56 bits per heavy atom. The number of hydrogen-bond acceptors (Lipinski definition) is 3. The molecule has 5 nitrogen and oxygen atoms in total. The lowest BCUT2D eigenvalue weighted by molar-refractivity contribution is -0.142. The van der Waals surface area contributed by atoms with Gasteiger partial charge in [-0.25, -0.2) is 0 Å². The summed E-state index contributed by atoms with van der Waals surface area (Å²) < 4.78 is 6.86. The summed E-state index contributed by atoms with van der Waals surface area (Å²) in [6.45, 7) is 0. The molecule has 0 fully saturated rings. The maximum atomic E-state index is 15.2. The Hall–Kier alpha value is -5.16. The number of rotatable bonds is 2. The van der Waals surface area contributed by atoms with Crippen LogP contribution in [0.15, 0.2) is 133 Å². The number of hydrogen-bond donors (Lipinski definition) is 0. The van der Waals surface area contributed by atoms with E-state index in [4.69, 9.17) is 4.74 Å². The summed E-state index contributed by atoms with van der Waals surface area (Å²) >= 11 is 0. The van der Waals surface area contributed by atoms with Crippen molar-refractivity contribution in [2.24, 2.45) is 0 Å². The van der Waals surface area contributed by atoms with Crippen LogP contribution < -0.4 is 14.5 Å². The second-order valence-electron chi connectivity index (χ2n) is 10.0. The molecular weight excluding hydrogens is 484 g/mol. The van der Waals surface area contributed by atoms with E-state index in [-0.39, 0.29) is 11.8 Å². The Kier molecular flexibility index (Phi) is 4.31. The lowest BCUT2D eigenvalue weighted by Gasteiger charge is -2.37. The molecule has 0 saturated heterocycles. The van der Waals surface area contributed by atoms with E-state index in [1.54, 1.807) is 9.80 Å². The number of para-hydroxylation sites is 5. The van der Waals surface area contributed by atoms with E-state index < -0.39 is 11.0 Å². The molecule has 0 saturated carbocycles. The Morgan fingerprint density at radius 2 is 0.923 bits per heavy atom. The summed E-state index contributed by atoms with van der Waals surface area (Å²) in [5, 5.41) is 0. The van der Waals surface area contributed by atoms with Gasteiger partial charge in [-0.3, -0.25) is 19.4 Å². The second-order valence-corrected chi connectivity index (χ2v) is 10.0. The Morgan fingerprint density at radius 1 is 0.462 bits per heavy atom. The average molecular weight is 507 g/mol. The lowest BCUT2D eigenvalue weighted by Crippen LogP contribution is -2.59. The summed E-state index contributed by atoms with van der Waals surface area (Å²) in [5.41, 5.74) is 1.97. The summed E-state index contributed by atoms with van der Waals surface area (Å²) in [7, 11) is 0. The van der Waals surface area contributed by atoms with E-state index in [0.29, 0.717) is 22.6 Å². The normalized spacial score (nSPS) is 22.3. The average Bonchev–Trinajstić information content (AvgIpc) is 3.55. The van der Waals surface area contributed by atoms with Gasteiger partial charge >= 0.3 is 0 Å². The lowest BCUT2D eigenvalue weighted by atomic mass is 9.62. The van der Waals surface area contributed by atoms with Gasteiger partial charge in [-0.2, -0.15) is 0 Å². The van der Waals surface area contributed by atoms with Crippen LogP contribution in [0.5, 0.6) is 5.75 Å². The monoisotopic (exact) mass is 506 g/mol. The zero-order valence-corrected chi connectivity index (χ0v) is 20.8. The fourth-order valence-electron chi connectivity index (χ4n) is 6.75. The van der Waals surface area contributed by atoms with Gasteiger partial charge in [0, 0.05) is 28.1 Å². The van der Waals surface area contributed by atoms with Crippen LogP contribution in [0.2, 0.25) is 0 Å². The first-order valence-electron chi connectivity index (χ1n) is 13.0. The van der Waals surface area contributed by atoms with Crippen molar-refractivity contribution in [3.63, 3.8) is 0 Å². The van der Waals surface area contributed by atoms with Crippen LogP contribution in [0.25, 0.3) is 0 Å². The molecule has 2 spiro atoms. The predicted molar refractivity (Wildman–Crippen MR) is 150 cm³/mol. The molecule has 3 aliphatic heterocycles. The molecule has 3 aliphatic rings. The number of fused-ring (bicyclic) bond motifs is 7. The number of amides is 2. The predicted octanol–water partition coefficient (Wildman–Crippen LogP) is 6.62. The minimum Gasteiger partial charge on any atom is -0.470 e. The van der Waals surface area contributed by atoms with Crippen LogP contribution in [0.3, 0.4) is 0 Å². The van der Waals surface area contributed by atoms with Gasteiger partial charge < -0.3 is 4.74 Å². The standard InChI is InChI=1S/C34H22N2O3/c37-31-33(25-17-7-10-20-28(25)35(31)23-13-3-1-4-14-23)27-19-9-12-22-30(27)39-34(33)26-18-8-11-21-29(26)36(32(34)38)24-15-5-2-6-16-24/h1-22H. The maximum absolute atomic E-state index is 15.2. The number of carbonyl (C=O) groups excluding carboxylic acids is 2. The van der Waals surface area contributed by atoms with Gasteiger partial charge in [0.05, 0.1) is 11.4 Å². The molecule has 0 aromatic heterocycles. The summed E-state index contributed by atoms with van der Waals surface area (Å²) in [6.07, 6.45) is 0. The minimum absolute atomic E-state index is 0.210. The topological polar surface area (TPSA) is 49.9 Å². The van der Waals surface area contributed by atoms with Crippen molar-refractivity contribution in [3.8, 4) is 5.75 Å². The molecule has 0 radical (unpaired) electrons. The largest absolute Gasteiger partial charge is 0.470 e. The molecule has 3 heterocycles. The number of carbonyl (C=O) groups is 2. The highest BCUT2D eigenvalue weighted by Crippen LogP contribution is 2.67. The van der Waals surface area contributed by atoms with Crippen LogP contribution in [0.1, 0.15) is 16.7 Å². The smallest absolute Gasteiger partial charge is 0.282 e. The number of ether oxygens (including phenoxy) is 1. The van der Waals surface area contributed by atoms with Crippen molar-refractivity contribution in [1.29, 1.82) is 0 Å². The van der Waals surface area contributed by atoms with Crippen LogP contribution in [0, 0.1) is 0 Å². The van der Waals surface area contributed by atoms with Crippen LogP contribution >= 0.6 is 0 Å². The number of benzene rings is 5. The third-order valence-corrected chi connectivity index (χ3v) is 8.21. The van der Waals surface area contributed by atoms with Crippen molar-refractivity contribution in [2.75, 3.05) is 9.80 Å². The van der Waals surface area contributed by atoms with Crippen molar-refractivity contribution in [2.45, 2.75) is 11.0 Å². The molecule has 0 aliphatic carbocycles. The van der Waals surface area contributed by atoms with Gasteiger partial charge in [0.15, 0.2) is 5.41 Å². The van der Waals surface area contributed by atoms with Crippen LogP contribution in [-0.4, -0.2) is 11.8 Å². The van der Waals surface area contributed by atoms with Gasteiger partial charge in [-0.1, -0.05) is 91.0 Å². The third kappa shape index (κ3) is 2.50. The van der Waals surface area contributed by atoms with E-state index in [1.165, 1.54) is 0 Å². The fraction of sp³-hybridized carbons (Fsp3) is 0.0588. The first-order chi connectivity index (χ1) is 19.2. The van der Waals surface area contributed by atoms with Gasteiger partial charge in [0.25, 0.3) is 11.8 Å². The quantitative estimate of drug-likeness (QED) is 0.270. The Labute approximate surface area is 225 Å². The van der Waals surface area contributed by atoms with Crippen molar-refractivity contribution >= 4 is 34.6 Å². The zero-order valence-electron chi connectivity index (χ0n) is 20.8. The van der Waals surface area contributed by atoms with Crippen molar-refractivity contribution in [3.05, 3.63) is 150 Å². The second kappa shape index (κ2) is 7.68. The Bertz CT molecular complexity index is 1800. The fourth-order valence-corrected chi connectivity index (χ4v) is 6.75. The summed E-state index contributed by atoms with van der Waals surface area (Å²) in [5.74, 6) is 0.0377. The van der Waals surface area contributed by atoms with Gasteiger partial charge in [0.2, 0.25) is 5.60 Å². The highest BCUT2D eigenvalue weighted by molar-refractivity contribution is 6.24. The van der Waals surface area contributed by atoms with E-state index in [1.807, 2.05) is 133 Å². The molecule has 39 heavy (non-hydrogen) atoms. The highest BCUT2D eigenvalue weighted by Gasteiger charge is 2.77. The summed E-state index contributed by atoms with van der Waals surface area (Å²) in [4.78, 5) is 33.7. The first-order valence-corrected chi connectivity index (χ1v) is 13.0. The van der Waals surface area contributed by atoms with E-state index >= 15 is 9.59 Å². The third-order valence-electron chi connectivity index (χ3n) is 8.21. The molecule has 5 aromatic rings. The van der Waals surface area contributed by atoms with E-state index in [0.717, 1.165) is 22.6 Å². The Balaban J connectivity index is 1.50. The SMILES string of the molecule is O=C1N(c2ccccc2)c2ccccc2C12Oc1ccccc1C21C(=O)N(c2ccccc2)c2ccccc21. The maximum Gasteiger partial charge on any atom is 0.282 e. The highest BCUT2D eigenvalue weighted by atomic mass is 16.5. The number of anilines is 4. The summed E-state index contributed by atoms with van der Waals surface area (Å²) in [6, 6.07) is 42.1. The van der Waals surface area contributed by atoms with E-state index in [9.17, 15) is 0 Å². The molecule has 5 heteroatoms. The number of nitrogens with zero attached hydrogens (tertiary/aromatic N) is 2. The molecule has 2 unspecified atom stereocenters. The van der Waals surface area contributed by atoms with Gasteiger partial charge in [-0.15, -0.1) is 0 Å². The molecule has 8 rings (SSSR count). The first kappa shape index (κ1) is 21.9. The molecule has 5 aromatic carbocycles. The van der Waals surface area contributed by atoms with Crippen LogP contribution in [0.4, 0.5) is 22.7 Å². The minimum atomic E-state index is -1.64. The molecular formula is C34H22N2O3. The van der Waals surface area contributed by atoms with Gasteiger partial charge in [-0.05, 0) is 42.5 Å². The molecule has 0 N–H and O–H groups in total. The molecule has 186 valence electrons. The zero-order chi connectivity index (χ0) is 26.2. The molecule has 0 bridgehead atoms. The molecule has 2 atom stereocenters. The molecule has 2 amide bonds. The van der Waals surface area contributed by atoms with E-state index in [2.05, 4.69) is 0 Å².